The molecule has 0 atom stereocenters. The molecule has 2 nitrogen and oxygen atoms in total. The maximum atomic E-state index is 5.94. The third-order valence-electron chi connectivity index (χ3n) is 1.58. The molecule has 1 rings (SSSR count). The Morgan fingerprint density at radius 3 is 3.00 bits per heavy atom. The number of thioether (sulfide) groups is 1. The predicted octanol–water partition coefficient (Wildman–Crippen LogP) is 2.82. The van der Waals surface area contributed by atoms with Crippen molar-refractivity contribution >= 4 is 29.2 Å². The molecule has 1 N–H and O–H groups in total. The SMILES string of the molecule is CSCCNc1nc(C)ccc1Cl. The van der Waals surface area contributed by atoms with Gasteiger partial charge in [-0.2, -0.15) is 11.8 Å². The summed E-state index contributed by atoms with van der Waals surface area (Å²) < 4.78 is 0. The van der Waals surface area contributed by atoms with Crippen molar-refractivity contribution in [3.05, 3.63) is 22.8 Å². The fraction of sp³-hybridized carbons (Fsp3) is 0.444. The number of halogens is 1. The Balaban J connectivity index is 2.59. The summed E-state index contributed by atoms with van der Waals surface area (Å²) in [4.78, 5) is 4.29. The quantitative estimate of drug-likeness (QED) is 0.784. The van der Waals surface area contributed by atoms with Gasteiger partial charge in [0.1, 0.15) is 5.82 Å². The molecule has 0 saturated heterocycles. The first-order valence-corrected chi connectivity index (χ1v) is 5.87. The van der Waals surface area contributed by atoms with Crippen LogP contribution in [-0.2, 0) is 0 Å². The Morgan fingerprint density at radius 2 is 2.31 bits per heavy atom. The number of nitrogens with zero attached hydrogens (tertiary/aromatic N) is 1. The molecule has 0 saturated carbocycles. The van der Waals surface area contributed by atoms with Gasteiger partial charge in [0.2, 0.25) is 0 Å². The van der Waals surface area contributed by atoms with Crippen molar-refractivity contribution < 1.29 is 0 Å². The van der Waals surface area contributed by atoms with E-state index in [-0.39, 0.29) is 0 Å². The minimum atomic E-state index is 0.687. The average Bonchev–Trinajstić information content (AvgIpc) is 2.11. The van der Waals surface area contributed by atoms with Crippen molar-refractivity contribution in [3.63, 3.8) is 0 Å². The highest BCUT2D eigenvalue weighted by atomic mass is 35.5. The van der Waals surface area contributed by atoms with Gasteiger partial charge in [-0.15, -0.1) is 0 Å². The second kappa shape index (κ2) is 5.35. The Hall–Kier alpha value is -0.410. The van der Waals surface area contributed by atoms with E-state index >= 15 is 0 Å². The Labute approximate surface area is 88.1 Å². The molecule has 72 valence electrons. The lowest BCUT2D eigenvalue weighted by Gasteiger charge is -2.06. The van der Waals surface area contributed by atoms with Crippen LogP contribution in [0.2, 0.25) is 5.02 Å². The highest BCUT2D eigenvalue weighted by molar-refractivity contribution is 7.98. The lowest BCUT2D eigenvalue weighted by atomic mass is 10.4. The molecule has 0 aliphatic carbocycles. The van der Waals surface area contributed by atoms with E-state index in [1.807, 2.05) is 19.1 Å². The second-order valence-electron chi connectivity index (χ2n) is 2.70. The molecular formula is C9H13ClN2S. The van der Waals surface area contributed by atoms with Crippen LogP contribution >= 0.6 is 23.4 Å². The number of aryl methyl sites for hydroxylation is 1. The number of hydrogen-bond acceptors (Lipinski definition) is 3. The Kier molecular flexibility index (Phi) is 4.39. The van der Waals surface area contributed by atoms with Crippen molar-refractivity contribution in [2.24, 2.45) is 0 Å². The lowest BCUT2D eigenvalue weighted by molar-refractivity contribution is 1.13. The van der Waals surface area contributed by atoms with Crippen LogP contribution in [0.25, 0.3) is 0 Å². The number of rotatable bonds is 4. The predicted molar refractivity (Wildman–Crippen MR) is 60.9 cm³/mol. The molecule has 0 fully saturated rings. The highest BCUT2D eigenvalue weighted by Gasteiger charge is 2.00. The van der Waals surface area contributed by atoms with E-state index in [4.69, 9.17) is 11.6 Å². The van der Waals surface area contributed by atoms with Gasteiger partial charge in [0.15, 0.2) is 0 Å². The smallest absolute Gasteiger partial charge is 0.145 e. The normalized spacial score (nSPS) is 10.1. The van der Waals surface area contributed by atoms with Gasteiger partial charge in [-0.1, -0.05) is 11.6 Å². The molecule has 0 bridgehead atoms. The molecule has 0 aromatic carbocycles. The first-order chi connectivity index (χ1) is 6.24. The number of aromatic nitrogens is 1. The fourth-order valence-corrected chi connectivity index (χ4v) is 1.41. The topological polar surface area (TPSA) is 24.9 Å². The number of nitrogens with one attached hydrogen (secondary N) is 1. The van der Waals surface area contributed by atoms with Crippen LogP contribution in [-0.4, -0.2) is 23.5 Å². The van der Waals surface area contributed by atoms with E-state index in [1.54, 1.807) is 11.8 Å². The summed E-state index contributed by atoms with van der Waals surface area (Å²) in [6.07, 6.45) is 2.08. The standard InChI is InChI=1S/C9H13ClN2S/c1-7-3-4-8(10)9(12-7)11-5-6-13-2/h3-4H,5-6H2,1-2H3,(H,11,12). The molecular weight excluding hydrogens is 204 g/mol. The van der Waals surface area contributed by atoms with Crippen LogP contribution < -0.4 is 5.32 Å². The van der Waals surface area contributed by atoms with E-state index < -0.39 is 0 Å². The molecule has 1 aromatic rings. The molecule has 0 aliphatic rings. The van der Waals surface area contributed by atoms with Gasteiger partial charge >= 0.3 is 0 Å². The van der Waals surface area contributed by atoms with Crippen molar-refractivity contribution in [1.82, 2.24) is 4.98 Å². The zero-order chi connectivity index (χ0) is 9.68. The summed E-state index contributed by atoms with van der Waals surface area (Å²) in [5, 5.41) is 3.88. The van der Waals surface area contributed by atoms with Crippen LogP contribution in [0.5, 0.6) is 0 Å². The maximum absolute atomic E-state index is 5.94. The molecule has 0 radical (unpaired) electrons. The van der Waals surface area contributed by atoms with Gasteiger partial charge in [-0.3, -0.25) is 0 Å². The maximum Gasteiger partial charge on any atom is 0.145 e. The summed E-state index contributed by atoms with van der Waals surface area (Å²) in [7, 11) is 0. The van der Waals surface area contributed by atoms with Gasteiger partial charge in [-0.25, -0.2) is 4.98 Å². The average molecular weight is 217 g/mol. The van der Waals surface area contributed by atoms with Crippen molar-refractivity contribution in [2.75, 3.05) is 23.9 Å². The molecule has 13 heavy (non-hydrogen) atoms. The van der Waals surface area contributed by atoms with Crippen LogP contribution in [0.15, 0.2) is 12.1 Å². The van der Waals surface area contributed by atoms with Gasteiger partial charge in [0, 0.05) is 18.0 Å². The van der Waals surface area contributed by atoms with Crippen LogP contribution in [0.4, 0.5) is 5.82 Å². The first kappa shape index (κ1) is 10.7. The number of anilines is 1. The largest absolute Gasteiger partial charge is 0.368 e. The third-order valence-corrected chi connectivity index (χ3v) is 2.50. The van der Waals surface area contributed by atoms with Crippen molar-refractivity contribution in [3.8, 4) is 0 Å². The molecule has 0 spiro atoms. The molecule has 0 unspecified atom stereocenters. The Bertz CT molecular complexity index is 278. The van der Waals surface area contributed by atoms with E-state index in [9.17, 15) is 0 Å². The van der Waals surface area contributed by atoms with Gasteiger partial charge in [0.25, 0.3) is 0 Å². The molecule has 0 amide bonds. The van der Waals surface area contributed by atoms with E-state index in [2.05, 4.69) is 16.6 Å². The number of hydrogen-bond donors (Lipinski definition) is 1. The van der Waals surface area contributed by atoms with E-state index in [1.165, 1.54) is 0 Å². The monoisotopic (exact) mass is 216 g/mol. The highest BCUT2D eigenvalue weighted by Crippen LogP contribution is 2.18. The zero-order valence-corrected chi connectivity index (χ0v) is 9.37. The zero-order valence-electron chi connectivity index (χ0n) is 7.80. The molecule has 0 aliphatic heterocycles. The van der Waals surface area contributed by atoms with Crippen molar-refractivity contribution in [1.29, 1.82) is 0 Å². The lowest BCUT2D eigenvalue weighted by Crippen LogP contribution is -2.06. The fourth-order valence-electron chi connectivity index (χ4n) is 0.935. The molecule has 1 heterocycles. The first-order valence-electron chi connectivity index (χ1n) is 4.10. The molecule has 1 aromatic heterocycles. The summed E-state index contributed by atoms with van der Waals surface area (Å²) in [6, 6.07) is 3.77. The number of pyridine rings is 1. The molecule has 4 heteroatoms. The third kappa shape index (κ3) is 3.44. The van der Waals surface area contributed by atoms with E-state index in [0.29, 0.717) is 5.02 Å². The minimum Gasteiger partial charge on any atom is -0.368 e. The second-order valence-corrected chi connectivity index (χ2v) is 4.10. The Morgan fingerprint density at radius 1 is 1.54 bits per heavy atom. The van der Waals surface area contributed by atoms with E-state index in [0.717, 1.165) is 23.8 Å². The van der Waals surface area contributed by atoms with Crippen LogP contribution in [0, 0.1) is 6.92 Å². The van der Waals surface area contributed by atoms with Gasteiger partial charge in [0.05, 0.1) is 5.02 Å². The van der Waals surface area contributed by atoms with Crippen molar-refractivity contribution in [2.45, 2.75) is 6.92 Å². The summed E-state index contributed by atoms with van der Waals surface area (Å²) in [5.74, 6) is 1.85. The summed E-state index contributed by atoms with van der Waals surface area (Å²) in [5.41, 5.74) is 0.982. The van der Waals surface area contributed by atoms with Gasteiger partial charge < -0.3 is 5.32 Å². The van der Waals surface area contributed by atoms with Gasteiger partial charge in [-0.05, 0) is 25.3 Å². The minimum absolute atomic E-state index is 0.687. The van der Waals surface area contributed by atoms with Crippen LogP contribution in [0.3, 0.4) is 0 Å². The van der Waals surface area contributed by atoms with Crippen LogP contribution in [0.1, 0.15) is 5.69 Å². The summed E-state index contributed by atoms with van der Waals surface area (Å²) in [6.45, 7) is 2.85. The summed E-state index contributed by atoms with van der Waals surface area (Å²) >= 11 is 7.74.